The lowest BCUT2D eigenvalue weighted by Crippen LogP contribution is -2.24. The van der Waals surface area contributed by atoms with Crippen molar-refractivity contribution in [2.75, 3.05) is 6.54 Å². The average Bonchev–Trinajstić information content (AvgIpc) is 3.04. The third kappa shape index (κ3) is 4.04. The molecule has 0 radical (unpaired) electrons. The van der Waals surface area contributed by atoms with Gasteiger partial charge in [-0.1, -0.05) is 25.7 Å². The number of nitrogens with one attached hydrogen (secondary N) is 1. The zero-order valence-corrected chi connectivity index (χ0v) is 13.7. The smallest absolute Gasteiger partial charge is 0.250 e. The molecule has 1 aliphatic rings. The molecule has 6 heteroatoms. The Balaban J connectivity index is 1.83. The van der Waals surface area contributed by atoms with Crippen LogP contribution in [-0.4, -0.2) is 15.0 Å². The van der Waals surface area contributed by atoms with Crippen LogP contribution in [0, 0.1) is 12.8 Å². The third-order valence-corrected chi connectivity index (χ3v) is 7.20. The maximum Gasteiger partial charge on any atom is 0.250 e. The van der Waals surface area contributed by atoms with Gasteiger partial charge in [0, 0.05) is 18.0 Å². The van der Waals surface area contributed by atoms with Crippen LogP contribution in [0.3, 0.4) is 0 Å². The van der Waals surface area contributed by atoms with Gasteiger partial charge in [-0.05, 0) is 37.3 Å². The minimum atomic E-state index is -3.35. The molecule has 1 saturated carbocycles. The zero-order valence-electron chi connectivity index (χ0n) is 12.0. The first-order chi connectivity index (χ1) is 9.53. The minimum Gasteiger partial charge on any atom is -0.326 e. The molecule has 0 unspecified atom stereocenters. The molecular formula is C14H24N2O2S2. The molecule has 4 nitrogen and oxygen atoms in total. The zero-order chi connectivity index (χ0) is 14.6. The quantitative estimate of drug-likeness (QED) is 0.760. The van der Waals surface area contributed by atoms with Gasteiger partial charge in [-0.2, -0.15) is 0 Å². The SMILES string of the molecule is Cc1cc(S(=O)(=O)NCCCC2CCCC2)sc1CN. The Labute approximate surface area is 125 Å². The number of nitrogens with two attached hydrogens (primary N) is 1. The number of hydrogen-bond donors (Lipinski definition) is 2. The summed E-state index contributed by atoms with van der Waals surface area (Å²) < 4.78 is 27.4. The summed E-state index contributed by atoms with van der Waals surface area (Å²) in [5.41, 5.74) is 6.56. The molecule has 0 bridgehead atoms. The molecule has 1 heterocycles. The molecule has 1 aromatic rings. The lowest BCUT2D eigenvalue weighted by molar-refractivity contribution is 0.480. The second-order valence-corrected chi connectivity index (χ2v) is 8.70. The van der Waals surface area contributed by atoms with Gasteiger partial charge in [-0.3, -0.25) is 0 Å². The summed E-state index contributed by atoms with van der Waals surface area (Å²) in [4.78, 5) is 0.941. The van der Waals surface area contributed by atoms with Gasteiger partial charge in [0.25, 0.3) is 0 Å². The summed E-state index contributed by atoms with van der Waals surface area (Å²) in [7, 11) is -3.35. The first-order valence-corrected chi connectivity index (χ1v) is 9.62. The molecule has 1 aliphatic carbocycles. The molecule has 20 heavy (non-hydrogen) atoms. The Morgan fingerprint density at radius 1 is 1.40 bits per heavy atom. The van der Waals surface area contributed by atoms with Crippen molar-refractivity contribution in [2.24, 2.45) is 11.7 Å². The number of hydrogen-bond acceptors (Lipinski definition) is 4. The Kier molecular flexibility index (Phi) is 5.60. The molecule has 1 aromatic heterocycles. The lowest BCUT2D eigenvalue weighted by Gasteiger charge is -2.09. The lowest BCUT2D eigenvalue weighted by atomic mass is 10.0. The van der Waals surface area contributed by atoms with E-state index in [2.05, 4.69) is 4.72 Å². The molecule has 0 spiro atoms. The average molecular weight is 316 g/mol. The van der Waals surface area contributed by atoms with Crippen molar-refractivity contribution in [2.45, 2.75) is 56.2 Å². The summed E-state index contributed by atoms with van der Waals surface area (Å²) in [6, 6.07) is 1.71. The van der Waals surface area contributed by atoms with Gasteiger partial charge in [0.2, 0.25) is 10.0 Å². The van der Waals surface area contributed by atoms with E-state index in [1.165, 1.54) is 37.0 Å². The summed E-state index contributed by atoms with van der Waals surface area (Å²) in [6.45, 7) is 2.83. The Hall–Kier alpha value is -0.430. The van der Waals surface area contributed by atoms with E-state index in [4.69, 9.17) is 5.73 Å². The van der Waals surface area contributed by atoms with E-state index < -0.39 is 10.0 Å². The van der Waals surface area contributed by atoms with Crippen LogP contribution in [0.4, 0.5) is 0 Å². The highest BCUT2D eigenvalue weighted by atomic mass is 32.2. The predicted octanol–water partition coefficient (Wildman–Crippen LogP) is 2.76. The molecular weight excluding hydrogens is 292 g/mol. The van der Waals surface area contributed by atoms with Crippen LogP contribution in [0.2, 0.25) is 0 Å². The Bertz CT molecular complexity index is 531. The molecule has 114 valence electrons. The second kappa shape index (κ2) is 7.02. The van der Waals surface area contributed by atoms with Crippen LogP contribution in [0.1, 0.15) is 49.0 Å². The van der Waals surface area contributed by atoms with Gasteiger partial charge in [0.1, 0.15) is 4.21 Å². The molecule has 0 atom stereocenters. The van der Waals surface area contributed by atoms with Gasteiger partial charge < -0.3 is 5.73 Å². The summed E-state index contributed by atoms with van der Waals surface area (Å²) in [5.74, 6) is 0.812. The highest BCUT2D eigenvalue weighted by Crippen LogP contribution is 2.28. The predicted molar refractivity (Wildman–Crippen MR) is 83.3 cm³/mol. The third-order valence-electron chi connectivity index (χ3n) is 4.00. The largest absolute Gasteiger partial charge is 0.326 e. The minimum absolute atomic E-state index is 0.385. The van der Waals surface area contributed by atoms with Gasteiger partial charge >= 0.3 is 0 Å². The van der Waals surface area contributed by atoms with Crippen LogP contribution in [-0.2, 0) is 16.6 Å². The van der Waals surface area contributed by atoms with Crippen molar-refractivity contribution in [1.29, 1.82) is 0 Å². The highest BCUT2D eigenvalue weighted by Gasteiger charge is 2.19. The number of rotatable bonds is 7. The van der Waals surface area contributed by atoms with Crippen molar-refractivity contribution in [3.63, 3.8) is 0 Å². The first kappa shape index (κ1) is 15.9. The number of sulfonamides is 1. The Morgan fingerprint density at radius 2 is 2.10 bits per heavy atom. The van der Waals surface area contributed by atoms with E-state index in [0.717, 1.165) is 29.2 Å². The molecule has 0 aromatic carbocycles. The number of aryl methyl sites for hydroxylation is 1. The molecule has 0 saturated heterocycles. The van der Waals surface area contributed by atoms with Crippen LogP contribution >= 0.6 is 11.3 Å². The maximum absolute atomic E-state index is 12.2. The monoisotopic (exact) mass is 316 g/mol. The topological polar surface area (TPSA) is 72.2 Å². The van der Waals surface area contributed by atoms with E-state index in [-0.39, 0.29) is 0 Å². The molecule has 0 aliphatic heterocycles. The van der Waals surface area contributed by atoms with Crippen molar-refractivity contribution in [3.8, 4) is 0 Å². The van der Waals surface area contributed by atoms with Gasteiger partial charge in [0.15, 0.2) is 0 Å². The standard InChI is InChI=1S/C14H24N2O2S2/c1-11-9-14(19-13(11)10-15)20(17,18)16-8-4-7-12-5-2-3-6-12/h9,12,16H,2-8,10,15H2,1H3. The van der Waals surface area contributed by atoms with E-state index in [0.29, 0.717) is 17.3 Å². The molecule has 0 amide bonds. The number of thiophene rings is 1. The first-order valence-electron chi connectivity index (χ1n) is 7.32. The van der Waals surface area contributed by atoms with E-state index in [1.54, 1.807) is 6.07 Å². The fraction of sp³-hybridized carbons (Fsp3) is 0.714. The molecule has 2 rings (SSSR count). The molecule has 3 N–H and O–H groups in total. The van der Waals surface area contributed by atoms with Crippen LogP contribution < -0.4 is 10.5 Å². The van der Waals surface area contributed by atoms with E-state index in [1.807, 2.05) is 6.92 Å². The second-order valence-electron chi connectivity index (χ2n) is 5.57. The van der Waals surface area contributed by atoms with Crippen molar-refractivity contribution < 1.29 is 8.42 Å². The van der Waals surface area contributed by atoms with Crippen molar-refractivity contribution >= 4 is 21.4 Å². The fourth-order valence-corrected chi connectivity index (χ4v) is 5.38. The van der Waals surface area contributed by atoms with E-state index in [9.17, 15) is 8.42 Å². The van der Waals surface area contributed by atoms with E-state index >= 15 is 0 Å². The summed E-state index contributed by atoms with van der Waals surface area (Å²) in [6.07, 6.45) is 7.38. The van der Waals surface area contributed by atoms with Crippen LogP contribution in [0.5, 0.6) is 0 Å². The fourth-order valence-electron chi connectivity index (χ4n) is 2.79. The van der Waals surface area contributed by atoms with Crippen molar-refractivity contribution in [3.05, 3.63) is 16.5 Å². The molecule has 1 fully saturated rings. The van der Waals surface area contributed by atoms with Crippen LogP contribution in [0.15, 0.2) is 10.3 Å². The normalized spacial score (nSPS) is 16.9. The van der Waals surface area contributed by atoms with Gasteiger partial charge in [-0.15, -0.1) is 11.3 Å². The van der Waals surface area contributed by atoms with Crippen LogP contribution in [0.25, 0.3) is 0 Å². The highest BCUT2D eigenvalue weighted by molar-refractivity contribution is 7.91. The summed E-state index contributed by atoms with van der Waals surface area (Å²) in [5, 5.41) is 0. The van der Waals surface area contributed by atoms with Gasteiger partial charge in [0.05, 0.1) is 0 Å². The summed E-state index contributed by atoms with van der Waals surface area (Å²) >= 11 is 1.27. The van der Waals surface area contributed by atoms with Crippen molar-refractivity contribution in [1.82, 2.24) is 4.72 Å². The van der Waals surface area contributed by atoms with Gasteiger partial charge in [-0.25, -0.2) is 13.1 Å². The Morgan fingerprint density at radius 3 is 2.70 bits per heavy atom. The maximum atomic E-state index is 12.2.